The summed E-state index contributed by atoms with van der Waals surface area (Å²) < 4.78 is 0. The fourth-order valence-electron chi connectivity index (χ4n) is 2.51. The maximum atomic E-state index is 4.45. The van der Waals surface area contributed by atoms with Crippen LogP contribution in [0.3, 0.4) is 0 Å². The van der Waals surface area contributed by atoms with Gasteiger partial charge in [0.15, 0.2) is 11.6 Å². The summed E-state index contributed by atoms with van der Waals surface area (Å²) in [5.74, 6) is 1.82. The highest BCUT2D eigenvalue weighted by Crippen LogP contribution is 2.22. The summed E-state index contributed by atoms with van der Waals surface area (Å²) in [6, 6.07) is 0.631. The Labute approximate surface area is 109 Å². The molecule has 1 atom stereocenters. The summed E-state index contributed by atoms with van der Waals surface area (Å²) in [6.07, 6.45) is 6.06. The molecule has 1 aliphatic heterocycles. The maximum absolute atomic E-state index is 4.45. The van der Waals surface area contributed by atoms with Gasteiger partial charge in [-0.1, -0.05) is 0 Å². The summed E-state index contributed by atoms with van der Waals surface area (Å²) >= 11 is 0. The Kier molecular flexibility index (Phi) is 4.36. The van der Waals surface area contributed by atoms with Gasteiger partial charge in [-0.05, 0) is 33.4 Å². The highest BCUT2D eigenvalue weighted by atomic mass is 15.3. The van der Waals surface area contributed by atoms with Crippen LogP contribution in [-0.2, 0) is 0 Å². The lowest BCUT2D eigenvalue weighted by Crippen LogP contribution is -2.37. The summed E-state index contributed by atoms with van der Waals surface area (Å²) in [6.45, 7) is 5.15. The van der Waals surface area contributed by atoms with Crippen LogP contribution >= 0.6 is 0 Å². The van der Waals surface area contributed by atoms with Gasteiger partial charge in [0.05, 0.1) is 0 Å². The molecule has 0 saturated carbocycles. The molecule has 0 aliphatic carbocycles. The molecule has 0 radical (unpaired) electrons. The fourth-order valence-corrected chi connectivity index (χ4v) is 2.51. The smallest absolute Gasteiger partial charge is 0.171 e. The Balaban J connectivity index is 2.05. The molecule has 0 bridgehead atoms. The van der Waals surface area contributed by atoms with Crippen molar-refractivity contribution in [2.45, 2.75) is 25.8 Å². The van der Waals surface area contributed by atoms with Gasteiger partial charge >= 0.3 is 0 Å². The number of likely N-dealkylation sites (N-methyl/N-ethyl adjacent to an activating group) is 2. The van der Waals surface area contributed by atoms with Crippen molar-refractivity contribution in [2.75, 3.05) is 43.9 Å². The van der Waals surface area contributed by atoms with E-state index in [2.05, 4.69) is 46.1 Å². The first-order valence-corrected chi connectivity index (χ1v) is 6.68. The zero-order valence-electron chi connectivity index (χ0n) is 11.6. The van der Waals surface area contributed by atoms with E-state index < -0.39 is 0 Å². The van der Waals surface area contributed by atoms with Crippen LogP contribution < -0.4 is 10.2 Å². The van der Waals surface area contributed by atoms with E-state index in [1.807, 2.05) is 0 Å². The van der Waals surface area contributed by atoms with Crippen molar-refractivity contribution in [3.63, 3.8) is 0 Å². The van der Waals surface area contributed by atoms with Crippen molar-refractivity contribution in [3.05, 3.63) is 12.4 Å². The average molecular weight is 249 g/mol. The first kappa shape index (κ1) is 13.1. The van der Waals surface area contributed by atoms with Gasteiger partial charge in [0.1, 0.15) is 0 Å². The Morgan fingerprint density at radius 1 is 1.44 bits per heavy atom. The molecule has 0 amide bonds. The van der Waals surface area contributed by atoms with Crippen LogP contribution in [0.2, 0.25) is 0 Å². The minimum atomic E-state index is 0.631. The second-order valence-electron chi connectivity index (χ2n) is 4.92. The number of nitrogens with one attached hydrogen (secondary N) is 1. The molecule has 1 aliphatic rings. The van der Waals surface area contributed by atoms with Crippen LogP contribution in [0.25, 0.3) is 0 Å². The molecule has 5 heteroatoms. The van der Waals surface area contributed by atoms with Crippen LogP contribution in [0.15, 0.2) is 12.4 Å². The van der Waals surface area contributed by atoms with Crippen molar-refractivity contribution in [1.29, 1.82) is 0 Å². The molecule has 1 fully saturated rings. The molecule has 1 aromatic rings. The highest BCUT2D eigenvalue weighted by molar-refractivity contribution is 5.60. The number of likely N-dealkylation sites (tertiary alicyclic amines) is 1. The molecule has 18 heavy (non-hydrogen) atoms. The molecule has 2 rings (SSSR count). The van der Waals surface area contributed by atoms with Gasteiger partial charge in [-0.15, -0.1) is 0 Å². The molecule has 100 valence electrons. The maximum Gasteiger partial charge on any atom is 0.171 e. The molecule has 2 heterocycles. The molecule has 5 nitrogen and oxygen atoms in total. The van der Waals surface area contributed by atoms with E-state index >= 15 is 0 Å². The number of nitrogens with zero attached hydrogens (tertiary/aromatic N) is 4. The number of hydrogen-bond acceptors (Lipinski definition) is 5. The predicted molar refractivity (Wildman–Crippen MR) is 75.1 cm³/mol. The van der Waals surface area contributed by atoms with Crippen LogP contribution in [-0.4, -0.2) is 54.6 Å². The molecule has 1 aromatic heterocycles. The largest absolute Gasteiger partial charge is 0.367 e. The minimum Gasteiger partial charge on any atom is -0.367 e. The molecule has 0 spiro atoms. The van der Waals surface area contributed by atoms with Crippen LogP contribution in [0, 0.1) is 0 Å². The van der Waals surface area contributed by atoms with E-state index in [1.165, 1.54) is 19.4 Å². The van der Waals surface area contributed by atoms with E-state index in [4.69, 9.17) is 0 Å². The van der Waals surface area contributed by atoms with Gasteiger partial charge < -0.3 is 15.1 Å². The van der Waals surface area contributed by atoms with Crippen LogP contribution in [0.4, 0.5) is 11.6 Å². The molecule has 1 saturated heterocycles. The number of aromatic nitrogens is 2. The highest BCUT2D eigenvalue weighted by Gasteiger charge is 2.23. The molecule has 1 unspecified atom stereocenters. The van der Waals surface area contributed by atoms with Crippen molar-refractivity contribution >= 4 is 11.6 Å². The quantitative estimate of drug-likeness (QED) is 0.855. The van der Waals surface area contributed by atoms with Gasteiger partial charge in [0.2, 0.25) is 0 Å². The number of anilines is 2. The third-order valence-corrected chi connectivity index (χ3v) is 3.54. The number of rotatable bonds is 5. The summed E-state index contributed by atoms with van der Waals surface area (Å²) in [5.41, 5.74) is 0. The lowest BCUT2D eigenvalue weighted by Gasteiger charge is -2.27. The average Bonchev–Trinajstić information content (AvgIpc) is 2.76. The predicted octanol–water partition coefficient (Wildman–Crippen LogP) is 1.44. The second-order valence-corrected chi connectivity index (χ2v) is 4.92. The Morgan fingerprint density at radius 2 is 2.22 bits per heavy atom. The van der Waals surface area contributed by atoms with E-state index in [9.17, 15) is 0 Å². The Bertz CT molecular complexity index is 381. The lowest BCUT2D eigenvalue weighted by atomic mass is 10.2. The standard InChI is InChI=1S/C13H23N5/c1-4-14-12-13(16-8-7-15-12)18(3)10-11-6-5-9-17(11)2/h7-8,11H,4-6,9-10H2,1-3H3,(H,14,15). The van der Waals surface area contributed by atoms with Crippen LogP contribution in [0.1, 0.15) is 19.8 Å². The second kappa shape index (κ2) is 6.00. The summed E-state index contributed by atoms with van der Waals surface area (Å²) in [5, 5.41) is 3.26. The fraction of sp³-hybridized carbons (Fsp3) is 0.692. The zero-order valence-corrected chi connectivity index (χ0v) is 11.6. The Hall–Kier alpha value is -1.36. The molecular weight excluding hydrogens is 226 g/mol. The zero-order chi connectivity index (χ0) is 13.0. The van der Waals surface area contributed by atoms with Gasteiger partial charge in [0.25, 0.3) is 0 Å². The molecule has 1 N–H and O–H groups in total. The van der Waals surface area contributed by atoms with Gasteiger partial charge in [-0.3, -0.25) is 0 Å². The third kappa shape index (κ3) is 2.90. The van der Waals surface area contributed by atoms with Gasteiger partial charge in [-0.2, -0.15) is 0 Å². The first-order valence-electron chi connectivity index (χ1n) is 6.68. The Morgan fingerprint density at radius 3 is 2.89 bits per heavy atom. The summed E-state index contributed by atoms with van der Waals surface area (Å²) in [7, 11) is 4.30. The van der Waals surface area contributed by atoms with Crippen molar-refractivity contribution in [3.8, 4) is 0 Å². The summed E-state index contributed by atoms with van der Waals surface area (Å²) in [4.78, 5) is 13.4. The minimum absolute atomic E-state index is 0.631. The SMILES string of the molecule is CCNc1nccnc1N(C)CC1CCCN1C. The van der Waals surface area contributed by atoms with E-state index in [0.29, 0.717) is 6.04 Å². The number of hydrogen-bond donors (Lipinski definition) is 1. The van der Waals surface area contributed by atoms with Crippen molar-refractivity contribution < 1.29 is 0 Å². The van der Waals surface area contributed by atoms with Gasteiger partial charge in [-0.25, -0.2) is 9.97 Å². The monoisotopic (exact) mass is 249 g/mol. The molecular formula is C13H23N5. The normalized spacial score (nSPS) is 20.1. The van der Waals surface area contributed by atoms with Crippen molar-refractivity contribution in [2.24, 2.45) is 0 Å². The topological polar surface area (TPSA) is 44.3 Å². The third-order valence-electron chi connectivity index (χ3n) is 3.54. The van der Waals surface area contributed by atoms with Crippen LogP contribution in [0.5, 0.6) is 0 Å². The van der Waals surface area contributed by atoms with Crippen molar-refractivity contribution in [1.82, 2.24) is 14.9 Å². The first-order chi connectivity index (χ1) is 8.72. The van der Waals surface area contributed by atoms with Gasteiger partial charge in [0, 0.05) is 38.6 Å². The molecule has 0 aromatic carbocycles. The van der Waals surface area contributed by atoms with E-state index in [-0.39, 0.29) is 0 Å². The lowest BCUT2D eigenvalue weighted by molar-refractivity contribution is 0.314. The van der Waals surface area contributed by atoms with E-state index in [0.717, 1.165) is 24.7 Å². The van der Waals surface area contributed by atoms with E-state index in [1.54, 1.807) is 12.4 Å².